The Hall–Kier alpha value is -1.84. The molecule has 0 spiro atoms. The highest BCUT2D eigenvalue weighted by Crippen LogP contribution is 2.38. The fourth-order valence-electron chi connectivity index (χ4n) is 2.02. The third-order valence-electron chi connectivity index (χ3n) is 3.86. The minimum absolute atomic E-state index is 0.0535. The number of carboxylic acids is 1. The maximum Gasteiger partial charge on any atom is 0.313 e. The van der Waals surface area contributed by atoms with E-state index in [9.17, 15) is 9.59 Å². The predicted octanol–water partition coefficient (Wildman–Crippen LogP) is 2.64. The fraction of sp³-hybridized carbons (Fsp3) is 0.467. The van der Waals surface area contributed by atoms with Gasteiger partial charge in [-0.3, -0.25) is 9.59 Å². The van der Waals surface area contributed by atoms with Crippen molar-refractivity contribution in [2.45, 2.75) is 32.6 Å². The average Bonchev–Trinajstić information content (AvgIpc) is 3.07. The Balaban J connectivity index is 2.06. The standard InChI is InChI=1S/C15H19NO3/c1-9-8-12(9)13(17)16-11-6-4-10(5-7-11)15(2,3)14(18)19/h4-7,9,12H,8H2,1-3H3,(H,16,17)(H,18,19). The SMILES string of the molecule is CC1CC1C(=O)Nc1ccc(C(C)(C)C(=O)O)cc1. The molecule has 2 N–H and O–H groups in total. The second-order valence-corrected chi connectivity index (χ2v) is 5.82. The van der Waals surface area contributed by atoms with Gasteiger partial charge in [-0.25, -0.2) is 0 Å². The molecule has 0 aromatic heterocycles. The van der Waals surface area contributed by atoms with E-state index in [4.69, 9.17) is 5.11 Å². The van der Waals surface area contributed by atoms with Gasteiger partial charge in [0.05, 0.1) is 5.41 Å². The van der Waals surface area contributed by atoms with E-state index in [2.05, 4.69) is 12.2 Å². The Morgan fingerprint density at radius 3 is 2.21 bits per heavy atom. The van der Waals surface area contributed by atoms with Crippen molar-refractivity contribution < 1.29 is 14.7 Å². The van der Waals surface area contributed by atoms with Crippen LogP contribution in [0.5, 0.6) is 0 Å². The third kappa shape index (κ3) is 2.78. The molecule has 1 saturated carbocycles. The van der Waals surface area contributed by atoms with E-state index in [0.717, 1.165) is 12.0 Å². The number of anilines is 1. The Bertz CT molecular complexity index is 505. The summed E-state index contributed by atoms with van der Waals surface area (Å²) in [6, 6.07) is 7.01. The molecule has 4 nitrogen and oxygen atoms in total. The summed E-state index contributed by atoms with van der Waals surface area (Å²) in [6.07, 6.45) is 0.954. The summed E-state index contributed by atoms with van der Waals surface area (Å²) in [6.45, 7) is 5.38. The van der Waals surface area contributed by atoms with Crippen LogP contribution in [0.2, 0.25) is 0 Å². The Kier molecular flexibility index (Phi) is 3.35. The number of aliphatic carboxylic acids is 1. The molecular weight excluding hydrogens is 242 g/mol. The second kappa shape index (κ2) is 4.68. The zero-order chi connectivity index (χ0) is 14.2. The molecule has 1 aliphatic rings. The van der Waals surface area contributed by atoms with Gasteiger partial charge < -0.3 is 10.4 Å². The van der Waals surface area contributed by atoms with Crippen molar-refractivity contribution in [3.63, 3.8) is 0 Å². The fourth-order valence-corrected chi connectivity index (χ4v) is 2.02. The van der Waals surface area contributed by atoms with Gasteiger partial charge in [0.15, 0.2) is 0 Å². The minimum Gasteiger partial charge on any atom is -0.481 e. The topological polar surface area (TPSA) is 66.4 Å². The highest BCUT2D eigenvalue weighted by atomic mass is 16.4. The van der Waals surface area contributed by atoms with Crippen LogP contribution in [0.15, 0.2) is 24.3 Å². The number of benzene rings is 1. The summed E-state index contributed by atoms with van der Waals surface area (Å²) >= 11 is 0. The minimum atomic E-state index is -0.923. The number of carbonyl (C=O) groups is 2. The Labute approximate surface area is 112 Å². The molecule has 2 rings (SSSR count). The highest BCUT2D eigenvalue weighted by Gasteiger charge is 2.39. The maximum absolute atomic E-state index is 11.8. The maximum atomic E-state index is 11.8. The summed E-state index contributed by atoms with van der Waals surface area (Å²) in [4.78, 5) is 22.9. The number of hydrogen-bond donors (Lipinski definition) is 2. The van der Waals surface area contributed by atoms with E-state index in [-0.39, 0.29) is 11.8 Å². The van der Waals surface area contributed by atoms with Crippen molar-refractivity contribution in [3.8, 4) is 0 Å². The van der Waals surface area contributed by atoms with Gasteiger partial charge in [0.1, 0.15) is 0 Å². The summed E-state index contributed by atoms with van der Waals surface area (Å²) in [5.74, 6) is -0.200. The molecule has 1 amide bonds. The number of carboxylic acid groups (broad SMARTS) is 1. The first-order valence-corrected chi connectivity index (χ1v) is 6.47. The average molecular weight is 261 g/mol. The zero-order valence-electron chi connectivity index (χ0n) is 11.4. The normalized spacial score (nSPS) is 21.8. The molecule has 1 aromatic carbocycles. The van der Waals surface area contributed by atoms with Gasteiger partial charge in [0, 0.05) is 11.6 Å². The molecule has 0 saturated heterocycles. The molecular formula is C15H19NO3. The molecule has 1 aliphatic carbocycles. The van der Waals surface area contributed by atoms with Gasteiger partial charge >= 0.3 is 5.97 Å². The van der Waals surface area contributed by atoms with Crippen molar-refractivity contribution in [2.75, 3.05) is 5.32 Å². The van der Waals surface area contributed by atoms with Gasteiger partial charge in [0.2, 0.25) is 5.91 Å². The van der Waals surface area contributed by atoms with Crippen molar-refractivity contribution in [1.29, 1.82) is 0 Å². The van der Waals surface area contributed by atoms with E-state index in [1.54, 1.807) is 38.1 Å². The number of carbonyl (C=O) groups excluding carboxylic acids is 1. The molecule has 2 unspecified atom stereocenters. The van der Waals surface area contributed by atoms with Crippen LogP contribution in [-0.4, -0.2) is 17.0 Å². The second-order valence-electron chi connectivity index (χ2n) is 5.82. The summed E-state index contributed by atoms with van der Waals surface area (Å²) < 4.78 is 0. The van der Waals surface area contributed by atoms with Crippen LogP contribution in [0.4, 0.5) is 5.69 Å². The van der Waals surface area contributed by atoms with Crippen LogP contribution in [0.25, 0.3) is 0 Å². The molecule has 1 aromatic rings. The molecule has 4 heteroatoms. The molecule has 2 atom stereocenters. The monoisotopic (exact) mass is 261 g/mol. The van der Waals surface area contributed by atoms with Crippen molar-refractivity contribution in [1.82, 2.24) is 0 Å². The van der Waals surface area contributed by atoms with Crippen molar-refractivity contribution >= 4 is 17.6 Å². The van der Waals surface area contributed by atoms with Crippen LogP contribution >= 0.6 is 0 Å². The summed E-state index contributed by atoms with van der Waals surface area (Å²) in [5.41, 5.74) is 0.514. The van der Waals surface area contributed by atoms with Crippen LogP contribution < -0.4 is 5.32 Å². The first kappa shape index (κ1) is 13.6. The van der Waals surface area contributed by atoms with Gasteiger partial charge in [-0.2, -0.15) is 0 Å². The third-order valence-corrected chi connectivity index (χ3v) is 3.86. The first-order chi connectivity index (χ1) is 8.82. The summed E-state index contributed by atoms with van der Waals surface area (Å²) in [7, 11) is 0. The Morgan fingerprint density at radius 1 is 1.26 bits per heavy atom. The van der Waals surface area contributed by atoms with Gasteiger partial charge in [-0.15, -0.1) is 0 Å². The van der Waals surface area contributed by atoms with Crippen LogP contribution in [0, 0.1) is 11.8 Å². The lowest BCUT2D eigenvalue weighted by Gasteiger charge is -2.19. The Morgan fingerprint density at radius 2 is 1.79 bits per heavy atom. The molecule has 0 radical (unpaired) electrons. The van der Waals surface area contributed by atoms with E-state index in [1.165, 1.54) is 0 Å². The number of nitrogens with one attached hydrogen (secondary N) is 1. The van der Waals surface area contributed by atoms with E-state index >= 15 is 0 Å². The van der Waals surface area contributed by atoms with Gasteiger partial charge in [-0.05, 0) is 43.9 Å². The van der Waals surface area contributed by atoms with Crippen molar-refractivity contribution in [2.24, 2.45) is 11.8 Å². The smallest absolute Gasteiger partial charge is 0.313 e. The van der Waals surface area contributed by atoms with E-state index in [1.807, 2.05) is 0 Å². The molecule has 1 fully saturated rings. The van der Waals surface area contributed by atoms with Crippen LogP contribution in [-0.2, 0) is 15.0 Å². The van der Waals surface area contributed by atoms with Crippen LogP contribution in [0.3, 0.4) is 0 Å². The lowest BCUT2D eigenvalue weighted by molar-refractivity contribution is -0.142. The van der Waals surface area contributed by atoms with Gasteiger partial charge in [-0.1, -0.05) is 19.1 Å². The van der Waals surface area contributed by atoms with Crippen molar-refractivity contribution in [3.05, 3.63) is 29.8 Å². The lowest BCUT2D eigenvalue weighted by atomic mass is 9.85. The largest absolute Gasteiger partial charge is 0.481 e. The number of amides is 1. The first-order valence-electron chi connectivity index (χ1n) is 6.47. The number of rotatable bonds is 4. The molecule has 19 heavy (non-hydrogen) atoms. The number of hydrogen-bond acceptors (Lipinski definition) is 2. The van der Waals surface area contributed by atoms with E-state index < -0.39 is 11.4 Å². The zero-order valence-corrected chi connectivity index (χ0v) is 11.4. The predicted molar refractivity (Wildman–Crippen MR) is 73.0 cm³/mol. The van der Waals surface area contributed by atoms with Crippen LogP contribution in [0.1, 0.15) is 32.8 Å². The lowest BCUT2D eigenvalue weighted by Crippen LogP contribution is -2.28. The van der Waals surface area contributed by atoms with E-state index in [0.29, 0.717) is 11.6 Å². The molecule has 0 heterocycles. The molecule has 0 bridgehead atoms. The molecule has 0 aliphatic heterocycles. The highest BCUT2D eigenvalue weighted by molar-refractivity contribution is 5.94. The molecule has 102 valence electrons. The van der Waals surface area contributed by atoms with Gasteiger partial charge in [0.25, 0.3) is 0 Å². The quantitative estimate of drug-likeness (QED) is 0.875. The summed E-state index contributed by atoms with van der Waals surface area (Å²) in [5, 5.41) is 12.0.